The van der Waals surface area contributed by atoms with Gasteiger partial charge in [0.2, 0.25) is 0 Å². The Morgan fingerprint density at radius 3 is 2.08 bits per heavy atom. The molecule has 0 bridgehead atoms. The second-order valence-corrected chi connectivity index (χ2v) is 9.26. The third-order valence-electron chi connectivity index (χ3n) is 1.84. The minimum absolute atomic E-state index is 0.209. The van der Waals surface area contributed by atoms with Gasteiger partial charge in [0, 0.05) is 5.92 Å². The van der Waals surface area contributed by atoms with Crippen LogP contribution in [0.4, 0.5) is 13.2 Å². The summed E-state index contributed by atoms with van der Waals surface area (Å²) in [6.45, 7) is 6.10. The molecular weight excluding hydrogens is 193 g/mol. The SMILES string of the molecule is C[Si](C)(C)C#CC1CC1C(F)(F)F. The number of halogens is 3. The van der Waals surface area contributed by atoms with Crippen molar-refractivity contribution in [1.29, 1.82) is 0 Å². The van der Waals surface area contributed by atoms with E-state index in [1.807, 2.05) is 19.6 Å². The molecule has 13 heavy (non-hydrogen) atoms. The molecule has 1 fully saturated rings. The molecule has 1 saturated carbocycles. The fourth-order valence-corrected chi connectivity index (χ4v) is 1.64. The van der Waals surface area contributed by atoms with Crippen molar-refractivity contribution < 1.29 is 13.2 Å². The average Bonchev–Trinajstić information content (AvgIpc) is 2.57. The van der Waals surface area contributed by atoms with E-state index in [2.05, 4.69) is 11.5 Å². The molecule has 0 amide bonds. The van der Waals surface area contributed by atoms with Gasteiger partial charge in [-0.1, -0.05) is 19.6 Å². The maximum absolute atomic E-state index is 12.1. The zero-order valence-corrected chi connectivity index (χ0v) is 9.00. The molecule has 1 aliphatic carbocycles. The van der Waals surface area contributed by atoms with Crippen molar-refractivity contribution in [2.24, 2.45) is 11.8 Å². The lowest BCUT2D eigenvalue weighted by atomic mass is 10.3. The maximum Gasteiger partial charge on any atom is 0.393 e. The first-order valence-electron chi connectivity index (χ1n) is 4.29. The normalized spacial score (nSPS) is 27.8. The van der Waals surface area contributed by atoms with E-state index >= 15 is 0 Å². The summed E-state index contributed by atoms with van der Waals surface area (Å²) in [7, 11) is -1.50. The zero-order chi connectivity index (χ0) is 10.3. The molecular formula is C9H13F3Si. The smallest absolute Gasteiger partial charge is 0.171 e. The fraction of sp³-hybridized carbons (Fsp3) is 0.778. The summed E-state index contributed by atoms with van der Waals surface area (Å²) < 4.78 is 36.2. The van der Waals surface area contributed by atoms with Gasteiger partial charge < -0.3 is 0 Å². The van der Waals surface area contributed by atoms with Crippen molar-refractivity contribution >= 4 is 8.07 Å². The van der Waals surface area contributed by atoms with Crippen molar-refractivity contribution in [2.45, 2.75) is 32.2 Å². The van der Waals surface area contributed by atoms with Crippen LogP contribution in [0.5, 0.6) is 0 Å². The quantitative estimate of drug-likeness (QED) is 0.422. The van der Waals surface area contributed by atoms with Gasteiger partial charge in [-0.2, -0.15) is 13.2 Å². The maximum atomic E-state index is 12.1. The first kappa shape index (κ1) is 10.6. The van der Waals surface area contributed by atoms with Gasteiger partial charge >= 0.3 is 6.18 Å². The van der Waals surface area contributed by atoms with Crippen molar-refractivity contribution in [3.8, 4) is 11.5 Å². The van der Waals surface area contributed by atoms with Gasteiger partial charge in [0.25, 0.3) is 0 Å². The standard InChI is InChI=1S/C9H13F3Si/c1-13(2,3)5-4-7-6-8(7)9(10,11)12/h7-8H,6H2,1-3H3. The summed E-state index contributed by atoms with van der Waals surface area (Å²) in [6.07, 6.45) is -3.82. The molecule has 0 aliphatic heterocycles. The molecule has 0 spiro atoms. The first-order chi connectivity index (χ1) is 5.70. The molecule has 0 N–H and O–H groups in total. The highest BCUT2D eigenvalue weighted by Crippen LogP contribution is 2.49. The summed E-state index contributed by atoms with van der Waals surface area (Å²) >= 11 is 0. The largest absolute Gasteiger partial charge is 0.393 e. The topological polar surface area (TPSA) is 0 Å². The molecule has 2 atom stereocenters. The Bertz CT molecular complexity index is 251. The van der Waals surface area contributed by atoms with E-state index in [0.717, 1.165) is 0 Å². The lowest BCUT2D eigenvalue weighted by molar-refractivity contribution is -0.149. The summed E-state index contributed by atoms with van der Waals surface area (Å²) in [4.78, 5) is 0. The summed E-state index contributed by atoms with van der Waals surface area (Å²) in [5.41, 5.74) is 2.97. The molecule has 0 aromatic carbocycles. The Morgan fingerprint density at radius 2 is 1.77 bits per heavy atom. The highest BCUT2D eigenvalue weighted by Gasteiger charge is 2.55. The second-order valence-electron chi connectivity index (χ2n) is 4.51. The Morgan fingerprint density at radius 1 is 1.23 bits per heavy atom. The van der Waals surface area contributed by atoms with E-state index in [-0.39, 0.29) is 6.42 Å². The molecule has 0 heterocycles. The molecule has 0 aromatic rings. The summed E-state index contributed by atoms with van der Waals surface area (Å²) in [5.74, 6) is 1.19. The lowest BCUT2D eigenvalue weighted by Gasteiger charge is -2.04. The number of rotatable bonds is 0. The van der Waals surface area contributed by atoms with Crippen LogP contribution in [0.2, 0.25) is 19.6 Å². The summed E-state index contributed by atoms with van der Waals surface area (Å²) in [6, 6.07) is 0. The van der Waals surface area contributed by atoms with Crippen LogP contribution in [0.1, 0.15) is 6.42 Å². The number of hydrogen-bond acceptors (Lipinski definition) is 0. The molecule has 0 saturated heterocycles. The Labute approximate surface area is 77.5 Å². The highest BCUT2D eigenvalue weighted by atomic mass is 28.3. The molecule has 2 unspecified atom stereocenters. The van der Waals surface area contributed by atoms with Crippen molar-refractivity contribution in [1.82, 2.24) is 0 Å². The number of hydrogen-bond donors (Lipinski definition) is 0. The van der Waals surface area contributed by atoms with Gasteiger partial charge in [-0.3, -0.25) is 0 Å². The van der Waals surface area contributed by atoms with Gasteiger partial charge in [-0.15, -0.1) is 11.5 Å². The van der Waals surface area contributed by atoms with Crippen LogP contribution < -0.4 is 0 Å². The van der Waals surface area contributed by atoms with Crippen LogP contribution >= 0.6 is 0 Å². The van der Waals surface area contributed by atoms with E-state index < -0.39 is 26.1 Å². The van der Waals surface area contributed by atoms with E-state index in [0.29, 0.717) is 0 Å². The highest BCUT2D eigenvalue weighted by molar-refractivity contribution is 6.83. The molecule has 4 heteroatoms. The van der Waals surface area contributed by atoms with E-state index in [1.54, 1.807) is 0 Å². The second kappa shape index (κ2) is 3.05. The fourth-order valence-electron chi connectivity index (χ4n) is 1.03. The predicted molar refractivity (Wildman–Crippen MR) is 48.8 cm³/mol. The van der Waals surface area contributed by atoms with E-state index in [9.17, 15) is 13.2 Å². The Balaban J connectivity index is 2.48. The van der Waals surface area contributed by atoms with Gasteiger partial charge in [-0.25, -0.2) is 0 Å². The monoisotopic (exact) mass is 206 g/mol. The van der Waals surface area contributed by atoms with Crippen LogP contribution in [-0.4, -0.2) is 14.3 Å². The Kier molecular flexibility index (Phi) is 2.50. The van der Waals surface area contributed by atoms with Gasteiger partial charge in [-0.05, 0) is 6.42 Å². The van der Waals surface area contributed by atoms with Crippen LogP contribution in [0.25, 0.3) is 0 Å². The predicted octanol–water partition coefficient (Wildman–Crippen LogP) is 3.07. The average molecular weight is 206 g/mol. The van der Waals surface area contributed by atoms with Crippen LogP contribution in [0.15, 0.2) is 0 Å². The molecule has 0 aromatic heterocycles. The molecule has 74 valence electrons. The molecule has 0 nitrogen and oxygen atoms in total. The van der Waals surface area contributed by atoms with Crippen LogP contribution in [0.3, 0.4) is 0 Å². The van der Waals surface area contributed by atoms with Gasteiger partial charge in [0.1, 0.15) is 8.07 Å². The van der Waals surface area contributed by atoms with Crippen LogP contribution in [0, 0.1) is 23.3 Å². The lowest BCUT2D eigenvalue weighted by Crippen LogP contribution is -2.17. The summed E-state index contributed by atoms with van der Waals surface area (Å²) in [5, 5.41) is 0. The number of alkyl halides is 3. The van der Waals surface area contributed by atoms with Crippen molar-refractivity contribution in [3.63, 3.8) is 0 Å². The minimum atomic E-state index is -4.03. The minimum Gasteiger partial charge on any atom is -0.171 e. The third-order valence-corrected chi connectivity index (χ3v) is 2.74. The third kappa shape index (κ3) is 3.43. The Hall–Kier alpha value is -0.433. The van der Waals surface area contributed by atoms with Crippen molar-refractivity contribution in [3.05, 3.63) is 0 Å². The molecule has 1 aliphatic rings. The van der Waals surface area contributed by atoms with E-state index in [4.69, 9.17) is 0 Å². The molecule has 0 radical (unpaired) electrons. The first-order valence-corrected chi connectivity index (χ1v) is 7.79. The van der Waals surface area contributed by atoms with Crippen molar-refractivity contribution in [2.75, 3.05) is 0 Å². The van der Waals surface area contributed by atoms with Crippen LogP contribution in [-0.2, 0) is 0 Å². The zero-order valence-electron chi connectivity index (χ0n) is 8.00. The van der Waals surface area contributed by atoms with Gasteiger partial charge in [0.05, 0.1) is 5.92 Å². The molecule has 1 rings (SSSR count). The van der Waals surface area contributed by atoms with E-state index in [1.165, 1.54) is 0 Å². The van der Waals surface area contributed by atoms with Gasteiger partial charge in [0.15, 0.2) is 0 Å².